The van der Waals surface area contributed by atoms with E-state index >= 15 is 0 Å². The molecular formula is C17H30N4O3. The van der Waals surface area contributed by atoms with Crippen molar-refractivity contribution in [2.45, 2.75) is 60.6 Å². The Morgan fingerprint density at radius 3 is 2.46 bits per heavy atom. The summed E-state index contributed by atoms with van der Waals surface area (Å²) >= 11 is 0. The van der Waals surface area contributed by atoms with E-state index in [4.69, 9.17) is 10.5 Å². The molecular weight excluding hydrogens is 308 g/mol. The third-order valence-electron chi connectivity index (χ3n) is 2.84. The van der Waals surface area contributed by atoms with Crippen LogP contribution < -0.4 is 11.3 Å². The molecule has 0 aromatic carbocycles. The number of hydrogen-bond donors (Lipinski definition) is 2. The summed E-state index contributed by atoms with van der Waals surface area (Å²) in [6, 6.07) is 0. The van der Waals surface area contributed by atoms with Crippen molar-refractivity contribution < 1.29 is 9.53 Å². The number of rotatable bonds is 0. The van der Waals surface area contributed by atoms with E-state index in [9.17, 15) is 9.59 Å². The lowest BCUT2D eigenvalue weighted by atomic mass is 10.1. The number of ether oxygens (including phenoxy) is 1. The first-order chi connectivity index (χ1) is 10.5. The van der Waals surface area contributed by atoms with Gasteiger partial charge in [-0.3, -0.25) is 4.79 Å². The number of hydrogen-bond acceptors (Lipinski definition) is 5. The number of carbonyl (C=O) groups excluding carboxylic acids is 1. The SMILES string of the molecule is C.C=C(C)N.Cc1nc2c(c(=O)[nH]1)CN(C(=O)OC(C)(C)C)CC2. The standard InChI is InChI=1S/C13H19N3O3.C3H7N.CH4/c1-8-14-10-5-6-16(7-9(10)11(17)15-8)12(18)19-13(2,3)4;1-3(2)4;/h5-7H2,1-4H3,(H,14,15,17);1,4H2,2H3;1H4. The van der Waals surface area contributed by atoms with Gasteiger partial charge in [-0.25, -0.2) is 9.78 Å². The van der Waals surface area contributed by atoms with E-state index in [0.717, 1.165) is 5.69 Å². The zero-order chi connectivity index (χ0) is 17.8. The highest BCUT2D eigenvalue weighted by molar-refractivity contribution is 5.68. The number of nitrogens with two attached hydrogens (primary N) is 1. The van der Waals surface area contributed by atoms with Gasteiger partial charge < -0.3 is 20.4 Å². The van der Waals surface area contributed by atoms with Crippen LogP contribution in [0.15, 0.2) is 17.1 Å². The van der Waals surface area contributed by atoms with E-state index in [0.29, 0.717) is 30.1 Å². The lowest BCUT2D eigenvalue weighted by Gasteiger charge is -2.30. The minimum absolute atomic E-state index is 0. The quantitative estimate of drug-likeness (QED) is 0.757. The average Bonchev–Trinajstić information content (AvgIpc) is 2.35. The number of fused-ring (bicyclic) bond motifs is 1. The molecule has 0 fully saturated rings. The molecule has 0 radical (unpaired) electrons. The van der Waals surface area contributed by atoms with Crippen LogP contribution in [0, 0.1) is 6.92 Å². The van der Waals surface area contributed by atoms with Crippen molar-refractivity contribution in [2.75, 3.05) is 6.54 Å². The van der Waals surface area contributed by atoms with E-state index in [-0.39, 0.29) is 19.5 Å². The van der Waals surface area contributed by atoms with Crippen molar-refractivity contribution in [3.8, 4) is 0 Å². The van der Waals surface area contributed by atoms with E-state index in [1.165, 1.54) is 0 Å². The van der Waals surface area contributed by atoms with Gasteiger partial charge in [-0.2, -0.15) is 0 Å². The number of aromatic nitrogens is 2. The third kappa shape index (κ3) is 6.85. The number of amides is 1. The molecule has 136 valence electrons. The van der Waals surface area contributed by atoms with Crippen molar-refractivity contribution in [3.05, 3.63) is 39.7 Å². The smallest absolute Gasteiger partial charge is 0.410 e. The number of nitrogens with zero attached hydrogens (tertiary/aromatic N) is 2. The number of carbonyl (C=O) groups is 1. The van der Waals surface area contributed by atoms with Crippen molar-refractivity contribution >= 4 is 6.09 Å². The number of aryl methyl sites for hydroxylation is 1. The second-order valence-corrected chi connectivity index (χ2v) is 6.57. The Labute approximate surface area is 143 Å². The van der Waals surface area contributed by atoms with Crippen LogP contribution in [0.25, 0.3) is 0 Å². The van der Waals surface area contributed by atoms with Gasteiger partial charge in [-0.15, -0.1) is 0 Å². The largest absolute Gasteiger partial charge is 0.444 e. The predicted octanol–water partition coefficient (Wildman–Crippen LogP) is 2.49. The Bertz CT molecular complexity index is 640. The highest BCUT2D eigenvalue weighted by atomic mass is 16.6. The highest BCUT2D eigenvalue weighted by Gasteiger charge is 2.27. The molecule has 0 aliphatic carbocycles. The van der Waals surface area contributed by atoms with Gasteiger partial charge >= 0.3 is 6.09 Å². The van der Waals surface area contributed by atoms with Gasteiger partial charge in [0.25, 0.3) is 5.56 Å². The Hall–Kier alpha value is -2.31. The summed E-state index contributed by atoms with van der Waals surface area (Å²) in [7, 11) is 0. The molecule has 0 atom stereocenters. The van der Waals surface area contributed by atoms with E-state index in [1.54, 1.807) is 18.7 Å². The summed E-state index contributed by atoms with van der Waals surface area (Å²) in [5.41, 5.74) is 6.22. The molecule has 3 N–H and O–H groups in total. The highest BCUT2D eigenvalue weighted by Crippen LogP contribution is 2.17. The Balaban J connectivity index is 0.000000954. The van der Waals surface area contributed by atoms with Crippen LogP contribution in [0.3, 0.4) is 0 Å². The van der Waals surface area contributed by atoms with Crippen LogP contribution >= 0.6 is 0 Å². The molecule has 2 rings (SSSR count). The molecule has 7 nitrogen and oxygen atoms in total. The Kier molecular flexibility index (Phi) is 7.70. The number of allylic oxidation sites excluding steroid dienone is 1. The molecule has 1 aliphatic rings. The van der Waals surface area contributed by atoms with Gasteiger partial charge in [0.05, 0.1) is 17.8 Å². The normalized spacial score (nSPS) is 13.0. The molecule has 0 saturated carbocycles. The molecule has 0 unspecified atom stereocenters. The summed E-state index contributed by atoms with van der Waals surface area (Å²) in [4.78, 5) is 32.3. The summed E-state index contributed by atoms with van der Waals surface area (Å²) < 4.78 is 5.31. The maximum atomic E-state index is 12.0. The van der Waals surface area contributed by atoms with Crippen LogP contribution in [0.4, 0.5) is 4.79 Å². The third-order valence-corrected chi connectivity index (χ3v) is 2.84. The van der Waals surface area contributed by atoms with Crippen LogP contribution in [-0.4, -0.2) is 33.1 Å². The van der Waals surface area contributed by atoms with Gasteiger partial charge in [0.15, 0.2) is 0 Å². The second-order valence-electron chi connectivity index (χ2n) is 6.57. The van der Waals surface area contributed by atoms with Gasteiger partial charge in [0.1, 0.15) is 11.4 Å². The van der Waals surface area contributed by atoms with Gasteiger partial charge in [-0.1, -0.05) is 14.0 Å². The van der Waals surface area contributed by atoms with Crippen molar-refractivity contribution in [1.82, 2.24) is 14.9 Å². The molecule has 0 saturated heterocycles. The second kappa shape index (κ2) is 8.52. The molecule has 7 heteroatoms. The van der Waals surface area contributed by atoms with Gasteiger partial charge in [0, 0.05) is 13.0 Å². The molecule has 1 aliphatic heterocycles. The van der Waals surface area contributed by atoms with E-state index in [1.807, 2.05) is 20.8 Å². The zero-order valence-corrected chi connectivity index (χ0v) is 14.5. The summed E-state index contributed by atoms with van der Waals surface area (Å²) in [6.45, 7) is 13.1. The average molecular weight is 338 g/mol. The van der Waals surface area contributed by atoms with E-state index in [2.05, 4.69) is 16.5 Å². The lowest BCUT2D eigenvalue weighted by Crippen LogP contribution is -2.42. The first-order valence-corrected chi connectivity index (χ1v) is 7.47. The maximum Gasteiger partial charge on any atom is 0.410 e. The van der Waals surface area contributed by atoms with Crippen LogP contribution in [0.1, 0.15) is 52.2 Å². The lowest BCUT2D eigenvalue weighted by molar-refractivity contribution is 0.0221. The molecule has 1 aromatic heterocycles. The number of aromatic amines is 1. The summed E-state index contributed by atoms with van der Waals surface area (Å²) in [5.74, 6) is 0.606. The van der Waals surface area contributed by atoms with Crippen LogP contribution in [0.5, 0.6) is 0 Å². The molecule has 1 aromatic rings. The van der Waals surface area contributed by atoms with Gasteiger partial charge in [0.2, 0.25) is 0 Å². The molecule has 0 bridgehead atoms. The number of H-pyrrole nitrogens is 1. The first kappa shape index (κ1) is 21.7. The monoisotopic (exact) mass is 338 g/mol. The van der Waals surface area contributed by atoms with Crippen molar-refractivity contribution in [3.63, 3.8) is 0 Å². The molecule has 24 heavy (non-hydrogen) atoms. The summed E-state index contributed by atoms with van der Waals surface area (Å²) in [6.07, 6.45) is 0.192. The molecule has 0 spiro atoms. The summed E-state index contributed by atoms with van der Waals surface area (Å²) in [5, 5.41) is 0. The van der Waals surface area contributed by atoms with Crippen LogP contribution in [-0.2, 0) is 17.7 Å². The van der Waals surface area contributed by atoms with Crippen molar-refractivity contribution in [1.29, 1.82) is 0 Å². The topological polar surface area (TPSA) is 101 Å². The maximum absolute atomic E-state index is 12.0. The molecule has 1 amide bonds. The Morgan fingerprint density at radius 2 is 1.96 bits per heavy atom. The number of nitrogens with one attached hydrogen (secondary N) is 1. The zero-order valence-electron chi connectivity index (χ0n) is 14.5. The van der Waals surface area contributed by atoms with Crippen molar-refractivity contribution in [2.24, 2.45) is 5.73 Å². The fourth-order valence-electron chi connectivity index (χ4n) is 2.03. The van der Waals surface area contributed by atoms with Gasteiger partial charge in [-0.05, 0) is 40.3 Å². The van der Waals surface area contributed by atoms with E-state index < -0.39 is 11.7 Å². The predicted molar refractivity (Wildman–Crippen MR) is 95.7 cm³/mol. The van der Waals surface area contributed by atoms with Crippen LogP contribution in [0.2, 0.25) is 0 Å². The molecule has 2 heterocycles. The fraction of sp³-hybridized carbons (Fsp3) is 0.588. The Morgan fingerprint density at radius 1 is 1.42 bits per heavy atom. The minimum Gasteiger partial charge on any atom is -0.444 e. The first-order valence-electron chi connectivity index (χ1n) is 7.47. The fourth-order valence-corrected chi connectivity index (χ4v) is 2.03. The minimum atomic E-state index is -0.532.